The van der Waals surface area contributed by atoms with Crippen molar-refractivity contribution in [2.75, 3.05) is 0 Å². The van der Waals surface area contributed by atoms with Gasteiger partial charge in [-0.3, -0.25) is 0 Å². The Hall–Kier alpha value is -1.04. The molecule has 0 aliphatic carbocycles. The van der Waals surface area contributed by atoms with Crippen molar-refractivity contribution < 1.29 is 0 Å². The molecule has 0 saturated heterocycles. The minimum Gasteiger partial charge on any atom is -0.0949 e. The molecule has 0 nitrogen and oxygen atoms in total. The van der Waals surface area contributed by atoms with E-state index in [1.165, 1.54) is 5.56 Å². The van der Waals surface area contributed by atoms with Crippen LogP contribution in [-0.4, -0.2) is 0 Å². The van der Waals surface area contributed by atoms with E-state index in [1.54, 1.807) is 0 Å². The van der Waals surface area contributed by atoms with Crippen LogP contribution in [-0.2, 0) is 0 Å². The number of rotatable bonds is 2. The van der Waals surface area contributed by atoms with Gasteiger partial charge in [0.25, 0.3) is 0 Å². The van der Waals surface area contributed by atoms with Crippen molar-refractivity contribution in [2.24, 2.45) is 0 Å². The van der Waals surface area contributed by atoms with Crippen LogP contribution in [0.3, 0.4) is 0 Å². The molecule has 0 bridgehead atoms. The fourth-order valence-corrected chi connectivity index (χ4v) is 0.819. The van der Waals surface area contributed by atoms with Crippen LogP contribution < -0.4 is 0 Å². The molecule has 0 aliphatic rings. The first-order valence-corrected chi connectivity index (χ1v) is 3.38. The van der Waals surface area contributed by atoms with Crippen LogP contribution in [0.25, 0.3) is 5.57 Å². The van der Waals surface area contributed by atoms with Crippen LogP contribution in [0, 0.1) is 6.42 Å². The second-order valence-electron chi connectivity index (χ2n) is 2.18. The zero-order valence-corrected chi connectivity index (χ0v) is 6.17. The van der Waals surface area contributed by atoms with E-state index in [0.29, 0.717) is 0 Å². The van der Waals surface area contributed by atoms with E-state index in [2.05, 4.69) is 18.7 Å². The van der Waals surface area contributed by atoms with E-state index in [4.69, 9.17) is 0 Å². The molecule has 0 unspecified atom stereocenters. The number of hydrogen-bond donors (Lipinski definition) is 0. The smallest absolute Gasteiger partial charge is 0.0124 e. The number of benzene rings is 1. The molecule has 0 heteroatoms. The molecular weight excluding hydrogens is 120 g/mol. The number of allylic oxidation sites excluding steroid dienone is 1. The molecule has 1 radical (unpaired) electrons. The topological polar surface area (TPSA) is 0 Å². The van der Waals surface area contributed by atoms with Crippen LogP contribution >= 0.6 is 0 Å². The maximum absolute atomic E-state index is 3.89. The van der Waals surface area contributed by atoms with Gasteiger partial charge in [0.15, 0.2) is 0 Å². The molecule has 0 spiro atoms. The average Bonchev–Trinajstić information content (AvgIpc) is 2.05. The van der Waals surface area contributed by atoms with Crippen molar-refractivity contribution in [3.8, 4) is 0 Å². The van der Waals surface area contributed by atoms with Crippen LogP contribution in [0.2, 0.25) is 0 Å². The Bertz CT molecular complexity index is 209. The Morgan fingerprint density at radius 3 is 2.40 bits per heavy atom. The normalized spacial score (nSPS) is 9.30. The van der Waals surface area contributed by atoms with Gasteiger partial charge >= 0.3 is 0 Å². The quantitative estimate of drug-likeness (QED) is 0.579. The summed E-state index contributed by atoms with van der Waals surface area (Å²) in [6.45, 7) is 5.88. The lowest BCUT2D eigenvalue weighted by Crippen LogP contribution is -1.78. The second kappa shape index (κ2) is 3.21. The highest BCUT2D eigenvalue weighted by Gasteiger charge is 1.91. The zero-order valence-electron chi connectivity index (χ0n) is 6.17. The standard InChI is InChI=1S/C10H11/c1-3-9(2)10-7-5-4-6-8-10/h3-8H,2H2,1H3. The first-order valence-electron chi connectivity index (χ1n) is 3.38. The molecule has 0 amide bonds. The lowest BCUT2D eigenvalue weighted by molar-refractivity contribution is 1.52. The summed E-state index contributed by atoms with van der Waals surface area (Å²) in [6, 6.07) is 10.2. The van der Waals surface area contributed by atoms with Crippen LogP contribution in [0.15, 0.2) is 36.9 Å². The van der Waals surface area contributed by atoms with Crippen molar-refractivity contribution in [3.05, 3.63) is 48.9 Å². The van der Waals surface area contributed by atoms with Gasteiger partial charge in [0.05, 0.1) is 0 Å². The van der Waals surface area contributed by atoms with Crippen molar-refractivity contribution in [1.29, 1.82) is 0 Å². The summed E-state index contributed by atoms with van der Waals surface area (Å²) in [5.41, 5.74) is 2.28. The first-order chi connectivity index (χ1) is 4.84. The Balaban J connectivity index is 2.85. The lowest BCUT2D eigenvalue weighted by Gasteiger charge is -1.99. The zero-order chi connectivity index (χ0) is 7.40. The Morgan fingerprint density at radius 1 is 1.30 bits per heavy atom. The summed E-state index contributed by atoms with van der Waals surface area (Å²) in [4.78, 5) is 0. The molecule has 1 rings (SSSR count). The summed E-state index contributed by atoms with van der Waals surface area (Å²) < 4.78 is 0. The molecular formula is C10H11. The van der Waals surface area contributed by atoms with E-state index in [0.717, 1.165) is 5.57 Å². The fraction of sp³-hybridized carbons (Fsp3) is 0.100. The van der Waals surface area contributed by atoms with E-state index in [1.807, 2.05) is 31.5 Å². The van der Waals surface area contributed by atoms with Gasteiger partial charge in [0, 0.05) is 0 Å². The van der Waals surface area contributed by atoms with Gasteiger partial charge in [0.1, 0.15) is 0 Å². The van der Waals surface area contributed by atoms with E-state index in [9.17, 15) is 0 Å². The predicted octanol–water partition coefficient (Wildman–Crippen LogP) is 2.92. The Labute approximate surface area is 62.2 Å². The molecule has 1 aromatic rings. The predicted molar refractivity (Wildman–Crippen MR) is 45.5 cm³/mol. The summed E-state index contributed by atoms with van der Waals surface area (Å²) in [5.74, 6) is 0. The SMILES string of the molecule is C=C([CH]C)c1ccccc1. The third-order valence-electron chi connectivity index (χ3n) is 1.49. The third-order valence-corrected chi connectivity index (χ3v) is 1.49. The Morgan fingerprint density at radius 2 is 1.90 bits per heavy atom. The molecule has 0 atom stereocenters. The van der Waals surface area contributed by atoms with Gasteiger partial charge in [-0.15, -0.1) is 0 Å². The molecule has 0 heterocycles. The van der Waals surface area contributed by atoms with Crippen LogP contribution in [0.5, 0.6) is 0 Å². The summed E-state index contributed by atoms with van der Waals surface area (Å²) in [7, 11) is 0. The number of hydrogen-bond acceptors (Lipinski definition) is 0. The average molecular weight is 131 g/mol. The molecule has 0 saturated carbocycles. The third kappa shape index (κ3) is 1.47. The van der Waals surface area contributed by atoms with Gasteiger partial charge in [-0.2, -0.15) is 0 Å². The van der Waals surface area contributed by atoms with Crippen molar-refractivity contribution in [3.63, 3.8) is 0 Å². The van der Waals surface area contributed by atoms with E-state index >= 15 is 0 Å². The van der Waals surface area contributed by atoms with Crippen molar-refractivity contribution >= 4 is 5.57 Å². The summed E-state index contributed by atoms with van der Waals surface area (Å²) in [5, 5.41) is 0. The van der Waals surface area contributed by atoms with E-state index < -0.39 is 0 Å². The lowest BCUT2D eigenvalue weighted by atomic mass is 10.1. The summed E-state index contributed by atoms with van der Waals surface area (Å²) >= 11 is 0. The minimum absolute atomic E-state index is 1.08. The van der Waals surface area contributed by atoms with Crippen LogP contribution in [0.1, 0.15) is 12.5 Å². The van der Waals surface area contributed by atoms with Gasteiger partial charge in [-0.25, -0.2) is 0 Å². The second-order valence-corrected chi connectivity index (χ2v) is 2.18. The highest BCUT2D eigenvalue weighted by atomic mass is 14.0. The van der Waals surface area contributed by atoms with Crippen molar-refractivity contribution in [1.82, 2.24) is 0 Å². The maximum Gasteiger partial charge on any atom is -0.0124 e. The molecule has 10 heavy (non-hydrogen) atoms. The Kier molecular flexibility index (Phi) is 2.27. The van der Waals surface area contributed by atoms with Crippen LogP contribution in [0.4, 0.5) is 0 Å². The van der Waals surface area contributed by atoms with Gasteiger partial charge in [0.2, 0.25) is 0 Å². The fourth-order valence-electron chi connectivity index (χ4n) is 0.819. The van der Waals surface area contributed by atoms with Gasteiger partial charge < -0.3 is 0 Å². The van der Waals surface area contributed by atoms with Gasteiger partial charge in [-0.1, -0.05) is 43.8 Å². The highest BCUT2D eigenvalue weighted by molar-refractivity contribution is 5.68. The molecule has 0 fully saturated rings. The molecule has 0 aliphatic heterocycles. The molecule has 1 aromatic carbocycles. The minimum atomic E-state index is 1.08. The largest absolute Gasteiger partial charge is 0.0949 e. The van der Waals surface area contributed by atoms with Crippen molar-refractivity contribution in [2.45, 2.75) is 6.92 Å². The van der Waals surface area contributed by atoms with Gasteiger partial charge in [-0.05, 0) is 17.6 Å². The highest BCUT2D eigenvalue weighted by Crippen LogP contribution is 2.12. The monoisotopic (exact) mass is 131 g/mol. The molecule has 0 aromatic heterocycles. The summed E-state index contributed by atoms with van der Waals surface area (Å²) in [6.07, 6.45) is 2.01. The molecule has 51 valence electrons. The first kappa shape index (κ1) is 7.07. The maximum atomic E-state index is 3.89. The molecule has 0 N–H and O–H groups in total. The van der Waals surface area contributed by atoms with E-state index in [-0.39, 0.29) is 0 Å².